The number of hydrogen-bond acceptors (Lipinski definition) is 2. The second-order valence-corrected chi connectivity index (χ2v) is 4.72. The highest BCUT2D eigenvalue weighted by atomic mass is 19.4. The van der Waals surface area contributed by atoms with Gasteiger partial charge in [-0.05, 0) is 19.3 Å². The number of carbonyl (C=O) groups is 2. The van der Waals surface area contributed by atoms with Gasteiger partial charge in [-0.3, -0.25) is 9.59 Å². The molecule has 0 aliphatic carbocycles. The van der Waals surface area contributed by atoms with Crippen LogP contribution in [0.3, 0.4) is 0 Å². The summed E-state index contributed by atoms with van der Waals surface area (Å²) >= 11 is 0. The molecule has 2 fully saturated rings. The van der Waals surface area contributed by atoms with Crippen LogP contribution in [0, 0.1) is 0 Å². The monoisotopic (exact) mass is 264 g/mol. The first kappa shape index (κ1) is 13.2. The van der Waals surface area contributed by atoms with Crippen LogP contribution in [0.4, 0.5) is 13.2 Å². The molecule has 0 aromatic carbocycles. The van der Waals surface area contributed by atoms with Crippen molar-refractivity contribution in [3.8, 4) is 0 Å². The summed E-state index contributed by atoms with van der Waals surface area (Å²) in [6.45, 7) is -0.0911. The molecule has 7 heteroatoms. The lowest BCUT2D eigenvalue weighted by molar-refractivity contribution is -0.163. The average Bonchev–Trinajstić information content (AvgIpc) is 2.31. The van der Waals surface area contributed by atoms with Gasteiger partial charge in [0.05, 0.1) is 13.0 Å². The van der Waals surface area contributed by atoms with Gasteiger partial charge in [0.25, 0.3) is 0 Å². The number of halogens is 3. The van der Waals surface area contributed by atoms with Gasteiger partial charge in [0.15, 0.2) is 0 Å². The summed E-state index contributed by atoms with van der Waals surface area (Å²) in [6, 6.07) is -0.534. The van der Waals surface area contributed by atoms with E-state index in [1.807, 2.05) is 0 Å². The minimum absolute atomic E-state index is 0.217. The zero-order chi connectivity index (χ0) is 13.3. The molecule has 0 N–H and O–H groups in total. The number of nitrogens with zero attached hydrogens (tertiary/aromatic N) is 2. The number of amides is 2. The summed E-state index contributed by atoms with van der Waals surface area (Å²) in [7, 11) is 0. The predicted molar refractivity (Wildman–Crippen MR) is 56.6 cm³/mol. The molecular formula is C11H15F3N2O2. The molecule has 102 valence electrons. The minimum Gasteiger partial charge on any atom is -0.331 e. The largest absolute Gasteiger partial charge is 0.390 e. The first-order valence-electron chi connectivity index (χ1n) is 6.03. The third-order valence-corrected chi connectivity index (χ3v) is 3.41. The van der Waals surface area contributed by atoms with Crippen molar-refractivity contribution in [2.24, 2.45) is 0 Å². The number of hydrogen-bond donors (Lipinski definition) is 0. The molecule has 2 aliphatic heterocycles. The average molecular weight is 264 g/mol. The quantitative estimate of drug-likeness (QED) is 0.751. The molecule has 0 bridgehead atoms. The second kappa shape index (κ2) is 4.78. The van der Waals surface area contributed by atoms with Gasteiger partial charge >= 0.3 is 6.18 Å². The van der Waals surface area contributed by atoms with Crippen molar-refractivity contribution in [1.82, 2.24) is 9.80 Å². The first-order valence-corrected chi connectivity index (χ1v) is 6.03. The van der Waals surface area contributed by atoms with E-state index >= 15 is 0 Å². The molecule has 2 rings (SSSR count). The van der Waals surface area contributed by atoms with Crippen LogP contribution >= 0.6 is 0 Å². The molecule has 0 spiro atoms. The van der Waals surface area contributed by atoms with Crippen LogP contribution in [0.1, 0.15) is 25.7 Å². The van der Waals surface area contributed by atoms with E-state index < -0.39 is 25.2 Å². The lowest BCUT2D eigenvalue weighted by Gasteiger charge is -2.42. The Balaban J connectivity index is 2.01. The van der Waals surface area contributed by atoms with Gasteiger partial charge in [0.2, 0.25) is 11.8 Å². The Labute approximate surface area is 103 Å². The Morgan fingerprint density at radius 3 is 2.61 bits per heavy atom. The molecule has 0 aromatic rings. The fourth-order valence-corrected chi connectivity index (χ4v) is 2.48. The first-order chi connectivity index (χ1) is 8.38. The van der Waals surface area contributed by atoms with Gasteiger partial charge in [-0.15, -0.1) is 0 Å². The number of rotatable bonds is 2. The van der Waals surface area contributed by atoms with Crippen LogP contribution in [0.15, 0.2) is 0 Å². The maximum Gasteiger partial charge on any atom is 0.390 e. The van der Waals surface area contributed by atoms with E-state index in [1.54, 1.807) is 0 Å². The minimum atomic E-state index is -4.30. The summed E-state index contributed by atoms with van der Waals surface area (Å²) < 4.78 is 36.4. The van der Waals surface area contributed by atoms with Gasteiger partial charge in [0, 0.05) is 13.1 Å². The van der Waals surface area contributed by atoms with Crippen LogP contribution in [-0.4, -0.2) is 53.5 Å². The molecular weight excluding hydrogens is 249 g/mol. The lowest BCUT2D eigenvalue weighted by atomic mass is 9.98. The van der Waals surface area contributed by atoms with Crippen LogP contribution in [0.25, 0.3) is 0 Å². The molecule has 2 aliphatic rings. The Hall–Kier alpha value is -1.27. The summed E-state index contributed by atoms with van der Waals surface area (Å²) in [6.07, 6.45) is -3.09. The SMILES string of the molecule is O=C1C2CCCCN2C(=O)CN1CCC(F)(F)F. The number of fused-ring (bicyclic) bond motifs is 1. The Morgan fingerprint density at radius 2 is 1.94 bits per heavy atom. The maximum absolute atomic E-state index is 12.1. The summed E-state index contributed by atoms with van der Waals surface area (Å²) in [5, 5.41) is 0. The Morgan fingerprint density at radius 1 is 1.22 bits per heavy atom. The van der Waals surface area contributed by atoms with Crippen LogP contribution < -0.4 is 0 Å². The molecule has 0 aromatic heterocycles. The molecule has 2 saturated heterocycles. The molecule has 4 nitrogen and oxygen atoms in total. The van der Waals surface area contributed by atoms with E-state index in [9.17, 15) is 22.8 Å². The van der Waals surface area contributed by atoms with Gasteiger partial charge < -0.3 is 9.80 Å². The normalized spacial score (nSPS) is 25.4. The van der Waals surface area contributed by atoms with Crippen LogP contribution in [0.5, 0.6) is 0 Å². The van der Waals surface area contributed by atoms with Gasteiger partial charge in [0.1, 0.15) is 6.04 Å². The van der Waals surface area contributed by atoms with E-state index in [-0.39, 0.29) is 18.4 Å². The molecule has 2 amide bonds. The summed E-state index contributed by atoms with van der Waals surface area (Å²) in [5.74, 6) is -0.569. The zero-order valence-corrected chi connectivity index (χ0v) is 9.87. The van der Waals surface area contributed by atoms with E-state index in [2.05, 4.69) is 0 Å². The topological polar surface area (TPSA) is 40.6 Å². The van der Waals surface area contributed by atoms with Crippen molar-refractivity contribution in [2.75, 3.05) is 19.6 Å². The Bertz CT molecular complexity index is 357. The van der Waals surface area contributed by atoms with Gasteiger partial charge in [-0.25, -0.2) is 0 Å². The lowest BCUT2D eigenvalue weighted by Crippen LogP contribution is -2.61. The van der Waals surface area contributed by atoms with Gasteiger partial charge in [-0.2, -0.15) is 13.2 Å². The fourth-order valence-electron chi connectivity index (χ4n) is 2.48. The summed E-state index contributed by atoms with van der Waals surface area (Å²) in [5.41, 5.74) is 0. The van der Waals surface area contributed by atoms with E-state index in [1.165, 1.54) is 4.90 Å². The molecule has 1 atom stereocenters. The number of piperazine rings is 1. The molecule has 1 unspecified atom stereocenters. The number of alkyl halides is 3. The highest BCUT2D eigenvalue weighted by Gasteiger charge is 2.41. The molecule has 18 heavy (non-hydrogen) atoms. The predicted octanol–water partition coefficient (Wildman–Crippen LogP) is 1.16. The van der Waals surface area contributed by atoms with Crippen molar-refractivity contribution in [1.29, 1.82) is 0 Å². The second-order valence-electron chi connectivity index (χ2n) is 4.72. The van der Waals surface area contributed by atoms with Crippen molar-refractivity contribution >= 4 is 11.8 Å². The Kier molecular flexibility index (Phi) is 3.49. The highest BCUT2D eigenvalue weighted by Crippen LogP contribution is 2.25. The van der Waals surface area contributed by atoms with Crippen LogP contribution in [0.2, 0.25) is 0 Å². The molecule has 2 heterocycles. The zero-order valence-electron chi connectivity index (χ0n) is 9.87. The van der Waals surface area contributed by atoms with Crippen LogP contribution in [-0.2, 0) is 9.59 Å². The molecule has 0 saturated carbocycles. The van der Waals surface area contributed by atoms with Crippen molar-refractivity contribution < 1.29 is 22.8 Å². The summed E-state index contributed by atoms with van der Waals surface area (Å²) in [4.78, 5) is 26.3. The number of carbonyl (C=O) groups excluding carboxylic acids is 2. The van der Waals surface area contributed by atoms with E-state index in [0.717, 1.165) is 17.7 Å². The smallest absolute Gasteiger partial charge is 0.331 e. The third kappa shape index (κ3) is 2.76. The maximum atomic E-state index is 12.1. The van der Waals surface area contributed by atoms with E-state index in [4.69, 9.17) is 0 Å². The van der Waals surface area contributed by atoms with Crippen molar-refractivity contribution in [2.45, 2.75) is 37.9 Å². The van der Waals surface area contributed by atoms with E-state index in [0.29, 0.717) is 13.0 Å². The third-order valence-electron chi connectivity index (χ3n) is 3.41. The van der Waals surface area contributed by atoms with Crippen molar-refractivity contribution in [3.63, 3.8) is 0 Å². The standard InChI is InChI=1S/C11H15F3N2O2/c12-11(13,14)4-6-15-7-9(17)16-5-2-1-3-8(16)10(15)18/h8H,1-7H2. The number of piperidine rings is 1. The van der Waals surface area contributed by atoms with Gasteiger partial charge in [-0.1, -0.05) is 0 Å². The van der Waals surface area contributed by atoms with Crippen molar-refractivity contribution in [3.05, 3.63) is 0 Å². The highest BCUT2D eigenvalue weighted by molar-refractivity contribution is 5.95. The molecule has 0 radical (unpaired) electrons. The fraction of sp³-hybridized carbons (Fsp3) is 0.818.